The van der Waals surface area contributed by atoms with Gasteiger partial charge in [0.2, 0.25) is 4.77 Å². The van der Waals surface area contributed by atoms with Crippen LogP contribution in [0.4, 0.5) is 0 Å². The van der Waals surface area contributed by atoms with Crippen molar-refractivity contribution < 1.29 is 0 Å². The van der Waals surface area contributed by atoms with Gasteiger partial charge < -0.3 is 0 Å². The molecule has 0 aliphatic rings. The molecule has 0 fully saturated rings. The van der Waals surface area contributed by atoms with E-state index in [1.54, 1.807) is 10.9 Å². The molecular formula is C17H16N4S. The third-order valence-electron chi connectivity index (χ3n) is 3.39. The Balaban J connectivity index is 1.93. The number of nitrogens with zero attached hydrogens (tertiary/aromatic N) is 3. The highest BCUT2D eigenvalue weighted by molar-refractivity contribution is 7.71. The number of hydrogen-bond acceptors (Lipinski definition) is 3. The minimum atomic E-state index is 0.472. The maximum atomic E-state index is 5.26. The van der Waals surface area contributed by atoms with E-state index in [0.29, 0.717) is 10.6 Å². The number of hydrogen-bond donors (Lipinski definition) is 1. The SMILES string of the molecule is CCc1ccc(/C=N/n2c(-c3ccccc3)n[nH]c2=S)cc1. The second-order valence-corrected chi connectivity index (χ2v) is 5.26. The molecule has 3 aromatic rings. The number of rotatable bonds is 4. The fourth-order valence-electron chi connectivity index (χ4n) is 2.14. The van der Waals surface area contributed by atoms with Crippen molar-refractivity contribution in [1.82, 2.24) is 14.9 Å². The van der Waals surface area contributed by atoms with Gasteiger partial charge in [-0.2, -0.15) is 14.9 Å². The highest BCUT2D eigenvalue weighted by Crippen LogP contribution is 2.16. The molecular weight excluding hydrogens is 292 g/mol. The standard InChI is InChI=1S/C17H16N4S/c1-2-13-8-10-14(11-9-13)12-18-21-16(19-20-17(21)22)15-6-4-3-5-7-15/h3-12H,2H2,1H3,(H,20,22)/b18-12+. The number of aromatic amines is 1. The first kappa shape index (κ1) is 14.4. The Labute approximate surface area is 134 Å². The van der Waals surface area contributed by atoms with Crippen LogP contribution in [0.15, 0.2) is 59.7 Å². The van der Waals surface area contributed by atoms with E-state index < -0.39 is 0 Å². The van der Waals surface area contributed by atoms with Gasteiger partial charge in [-0.3, -0.25) is 0 Å². The van der Waals surface area contributed by atoms with Crippen molar-refractivity contribution in [1.29, 1.82) is 0 Å². The van der Waals surface area contributed by atoms with Gasteiger partial charge in [-0.1, -0.05) is 61.5 Å². The van der Waals surface area contributed by atoms with Gasteiger partial charge in [-0.15, -0.1) is 0 Å². The number of aromatic nitrogens is 3. The molecule has 0 amide bonds. The van der Waals surface area contributed by atoms with Crippen LogP contribution in [0, 0.1) is 4.77 Å². The van der Waals surface area contributed by atoms with E-state index in [-0.39, 0.29) is 0 Å². The number of nitrogens with one attached hydrogen (secondary N) is 1. The lowest BCUT2D eigenvalue weighted by molar-refractivity contribution is 0.871. The molecule has 0 spiro atoms. The Hall–Kier alpha value is -2.53. The molecule has 22 heavy (non-hydrogen) atoms. The summed E-state index contributed by atoms with van der Waals surface area (Å²) >= 11 is 5.26. The zero-order valence-corrected chi connectivity index (χ0v) is 13.0. The van der Waals surface area contributed by atoms with Crippen molar-refractivity contribution in [2.24, 2.45) is 5.10 Å². The maximum absolute atomic E-state index is 5.26. The van der Waals surface area contributed by atoms with Gasteiger partial charge >= 0.3 is 0 Å². The molecule has 110 valence electrons. The molecule has 0 aliphatic carbocycles. The van der Waals surface area contributed by atoms with Crippen LogP contribution in [0.2, 0.25) is 0 Å². The number of H-pyrrole nitrogens is 1. The van der Waals surface area contributed by atoms with Crippen LogP contribution in [-0.2, 0) is 6.42 Å². The largest absolute Gasteiger partial charge is 0.250 e. The molecule has 1 heterocycles. The monoisotopic (exact) mass is 308 g/mol. The predicted octanol–water partition coefficient (Wildman–Crippen LogP) is 4.05. The zero-order chi connectivity index (χ0) is 15.4. The van der Waals surface area contributed by atoms with Gasteiger partial charge in [-0.25, -0.2) is 5.10 Å². The first-order chi connectivity index (χ1) is 10.8. The highest BCUT2D eigenvalue weighted by Gasteiger charge is 2.06. The summed E-state index contributed by atoms with van der Waals surface area (Å²) in [7, 11) is 0. The summed E-state index contributed by atoms with van der Waals surface area (Å²) < 4.78 is 2.11. The van der Waals surface area contributed by atoms with E-state index >= 15 is 0 Å². The van der Waals surface area contributed by atoms with Crippen molar-refractivity contribution in [2.75, 3.05) is 0 Å². The molecule has 0 atom stereocenters. The van der Waals surface area contributed by atoms with Crippen molar-refractivity contribution in [3.8, 4) is 11.4 Å². The molecule has 3 rings (SSSR count). The van der Waals surface area contributed by atoms with E-state index in [1.807, 2.05) is 42.5 Å². The van der Waals surface area contributed by atoms with Crippen LogP contribution in [0.25, 0.3) is 11.4 Å². The van der Waals surface area contributed by atoms with Crippen LogP contribution in [0.1, 0.15) is 18.1 Å². The Bertz CT molecular complexity index is 829. The topological polar surface area (TPSA) is 46.0 Å². The molecule has 0 radical (unpaired) electrons. The molecule has 4 nitrogen and oxygen atoms in total. The second kappa shape index (κ2) is 6.49. The van der Waals surface area contributed by atoms with Gasteiger partial charge in [0.15, 0.2) is 5.82 Å². The molecule has 0 bridgehead atoms. The molecule has 1 aromatic heterocycles. The molecule has 0 unspecified atom stereocenters. The molecule has 5 heteroatoms. The van der Waals surface area contributed by atoms with E-state index in [2.05, 4.69) is 34.4 Å². The van der Waals surface area contributed by atoms with Gasteiger partial charge in [-0.05, 0) is 29.8 Å². The summed E-state index contributed by atoms with van der Waals surface area (Å²) in [6.07, 6.45) is 2.82. The summed E-state index contributed by atoms with van der Waals surface area (Å²) in [5, 5.41) is 11.5. The average molecular weight is 308 g/mol. The van der Waals surface area contributed by atoms with Crippen molar-refractivity contribution in [2.45, 2.75) is 13.3 Å². The number of aryl methyl sites for hydroxylation is 1. The van der Waals surface area contributed by atoms with Gasteiger partial charge in [0, 0.05) is 5.56 Å². The minimum absolute atomic E-state index is 0.472. The van der Waals surface area contributed by atoms with Gasteiger partial charge in [0.1, 0.15) is 0 Å². The predicted molar refractivity (Wildman–Crippen MR) is 91.7 cm³/mol. The van der Waals surface area contributed by atoms with Gasteiger partial charge in [0.25, 0.3) is 0 Å². The van der Waals surface area contributed by atoms with Gasteiger partial charge in [0.05, 0.1) is 6.21 Å². The fraction of sp³-hybridized carbons (Fsp3) is 0.118. The lowest BCUT2D eigenvalue weighted by Crippen LogP contribution is -1.95. The Morgan fingerprint density at radius 1 is 1.14 bits per heavy atom. The van der Waals surface area contributed by atoms with E-state index in [4.69, 9.17) is 12.2 Å². The second-order valence-electron chi connectivity index (χ2n) is 4.87. The molecule has 0 saturated carbocycles. The normalized spacial score (nSPS) is 11.1. The molecule has 0 saturated heterocycles. The maximum Gasteiger partial charge on any atom is 0.216 e. The summed E-state index contributed by atoms with van der Waals surface area (Å²) in [5.74, 6) is 0.701. The fourth-order valence-corrected chi connectivity index (χ4v) is 2.32. The first-order valence-electron chi connectivity index (χ1n) is 7.14. The number of benzene rings is 2. The summed E-state index contributed by atoms with van der Waals surface area (Å²) in [4.78, 5) is 0. The van der Waals surface area contributed by atoms with Crippen LogP contribution in [0.5, 0.6) is 0 Å². The lowest BCUT2D eigenvalue weighted by Gasteiger charge is -2.01. The Morgan fingerprint density at radius 3 is 2.55 bits per heavy atom. The summed E-state index contributed by atoms with van der Waals surface area (Å²) in [5.41, 5.74) is 3.30. The highest BCUT2D eigenvalue weighted by atomic mass is 32.1. The molecule has 2 aromatic carbocycles. The Kier molecular flexibility index (Phi) is 4.25. The first-order valence-corrected chi connectivity index (χ1v) is 7.55. The third-order valence-corrected chi connectivity index (χ3v) is 3.66. The lowest BCUT2D eigenvalue weighted by atomic mass is 10.1. The molecule has 0 aliphatic heterocycles. The van der Waals surface area contributed by atoms with E-state index in [1.165, 1.54) is 5.56 Å². The summed E-state index contributed by atoms with van der Waals surface area (Å²) in [6.45, 7) is 2.14. The smallest absolute Gasteiger partial charge is 0.216 e. The van der Waals surface area contributed by atoms with Crippen LogP contribution in [0.3, 0.4) is 0 Å². The minimum Gasteiger partial charge on any atom is -0.250 e. The van der Waals surface area contributed by atoms with Crippen LogP contribution in [-0.4, -0.2) is 21.1 Å². The van der Waals surface area contributed by atoms with Crippen molar-refractivity contribution in [3.63, 3.8) is 0 Å². The molecule has 1 N–H and O–H groups in total. The van der Waals surface area contributed by atoms with Crippen LogP contribution >= 0.6 is 12.2 Å². The quantitative estimate of drug-likeness (QED) is 0.584. The average Bonchev–Trinajstić information content (AvgIpc) is 2.95. The van der Waals surface area contributed by atoms with Crippen molar-refractivity contribution in [3.05, 3.63) is 70.5 Å². The van der Waals surface area contributed by atoms with E-state index in [0.717, 1.165) is 17.5 Å². The van der Waals surface area contributed by atoms with E-state index in [9.17, 15) is 0 Å². The van der Waals surface area contributed by atoms with Crippen molar-refractivity contribution >= 4 is 18.4 Å². The van der Waals surface area contributed by atoms with Crippen LogP contribution < -0.4 is 0 Å². The summed E-state index contributed by atoms with van der Waals surface area (Å²) in [6, 6.07) is 18.2. The Morgan fingerprint density at radius 2 is 1.86 bits per heavy atom. The zero-order valence-electron chi connectivity index (χ0n) is 12.2. The third kappa shape index (κ3) is 3.04.